The summed E-state index contributed by atoms with van der Waals surface area (Å²) < 4.78 is 0. The summed E-state index contributed by atoms with van der Waals surface area (Å²) in [6, 6.07) is 0. The summed E-state index contributed by atoms with van der Waals surface area (Å²) in [5.41, 5.74) is 10.4. The van der Waals surface area contributed by atoms with Gasteiger partial charge >= 0.3 is 0 Å². The minimum Gasteiger partial charge on any atom is -0.369 e. The first-order valence-corrected chi connectivity index (χ1v) is 4.67. The van der Waals surface area contributed by atoms with Crippen LogP contribution in [0.3, 0.4) is 0 Å². The van der Waals surface area contributed by atoms with Crippen molar-refractivity contribution in [2.24, 2.45) is 23.3 Å². The van der Waals surface area contributed by atoms with Gasteiger partial charge in [0.2, 0.25) is 5.91 Å². The van der Waals surface area contributed by atoms with Crippen LogP contribution in [0.2, 0.25) is 0 Å². The molecule has 74 valence electrons. The van der Waals surface area contributed by atoms with Gasteiger partial charge in [0.1, 0.15) is 5.78 Å². The van der Waals surface area contributed by atoms with E-state index in [-0.39, 0.29) is 30.1 Å². The lowest BCUT2D eigenvalue weighted by molar-refractivity contribution is -0.127. The predicted molar refractivity (Wildman–Crippen MR) is 48.7 cm³/mol. The number of ketones is 1. The quantitative estimate of drug-likeness (QED) is 0.637. The lowest BCUT2D eigenvalue weighted by Crippen LogP contribution is -2.32. The molecule has 4 heteroatoms. The van der Waals surface area contributed by atoms with E-state index in [1.165, 1.54) is 0 Å². The molecule has 1 fully saturated rings. The van der Waals surface area contributed by atoms with Gasteiger partial charge in [-0.25, -0.2) is 0 Å². The molecule has 1 rings (SSSR count). The summed E-state index contributed by atoms with van der Waals surface area (Å²) in [5.74, 6) is -0.0796. The van der Waals surface area contributed by atoms with Crippen molar-refractivity contribution < 1.29 is 9.59 Å². The van der Waals surface area contributed by atoms with Crippen molar-refractivity contribution in [2.45, 2.75) is 25.7 Å². The monoisotopic (exact) mass is 184 g/mol. The molecule has 1 aliphatic rings. The minimum absolute atomic E-state index is 0.0261. The molecule has 0 radical (unpaired) electrons. The molecule has 4 nitrogen and oxygen atoms in total. The third-order valence-electron chi connectivity index (χ3n) is 2.79. The molecule has 0 saturated heterocycles. The fourth-order valence-electron chi connectivity index (χ4n) is 1.87. The van der Waals surface area contributed by atoms with E-state index in [0.717, 1.165) is 25.7 Å². The van der Waals surface area contributed by atoms with Crippen LogP contribution in [0.15, 0.2) is 0 Å². The summed E-state index contributed by atoms with van der Waals surface area (Å²) in [7, 11) is 0. The first kappa shape index (κ1) is 10.2. The second-order valence-electron chi connectivity index (χ2n) is 3.62. The van der Waals surface area contributed by atoms with Gasteiger partial charge in [-0.05, 0) is 25.7 Å². The fraction of sp³-hybridized carbons (Fsp3) is 0.778. The Kier molecular flexibility index (Phi) is 3.42. The number of amides is 1. The largest absolute Gasteiger partial charge is 0.369 e. The minimum atomic E-state index is -0.237. The number of Topliss-reactive ketones (excluding diaryl/α,β-unsaturated/α-hetero) is 1. The summed E-state index contributed by atoms with van der Waals surface area (Å²) in [5, 5.41) is 0. The molecule has 0 bridgehead atoms. The molecule has 0 spiro atoms. The van der Waals surface area contributed by atoms with Crippen LogP contribution in [0.1, 0.15) is 25.7 Å². The third kappa shape index (κ3) is 2.52. The molecule has 4 N–H and O–H groups in total. The number of hydrogen-bond acceptors (Lipinski definition) is 3. The van der Waals surface area contributed by atoms with Crippen molar-refractivity contribution in [3.8, 4) is 0 Å². The third-order valence-corrected chi connectivity index (χ3v) is 2.79. The van der Waals surface area contributed by atoms with Crippen molar-refractivity contribution in [1.29, 1.82) is 0 Å². The van der Waals surface area contributed by atoms with Crippen molar-refractivity contribution in [3.63, 3.8) is 0 Å². The Hall–Kier alpha value is -0.900. The Bertz CT molecular complexity index is 208. The number of nitrogens with two attached hydrogens (primary N) is 2. The highest BCUT2D eigenvalue weighted by atomic mass is 16.1. The van der Waals surface area contributed by atoms with Crippen LogP contribution in [0.5, 0.6) is 0 Å². The van der Waals surface area contributed by atoms with Gasteiger partial charge in [0.05, 0.1) is 6.54 Å². The Labute approximate surface area is 77.7 Å². The van der Waals surface area contributed by atoms with Gasteiger partial charge in [0.15, 0.2) is 0 Å². The highest BCUT2D eigenvalue weighted by Gasteiger charge is 2.27. The number of carbonyl (C=O) groups excluding carboxylic acids is 2. The number of carbonyl (C=O) groups is 2. The Morgan fingerprint density at radius 1 is 1.08 bits per heavy atom. The van der Waals surface area contributed by atoms with E-state index in [1.54, 1.807) is 0 Å². The summed E-state index contributed by atoms with van der Waals surface area (Å²) in [6.45, 7) is 0.117. The van der Waals surface area contributed by atoms with Crippen LogP contribution in [-0.4, -0.2) is 18.2 Å². The van der Waals surface area contributed by atoms with Crippen molar-refractivity contribution in [3.05, 3.63) is 0 Å². The molecule has 1 aliphatic carbocycles. The number of hydrogen-bond donors (Lipinski definition) is 2. The highest BCUT2D eigenvalue weighted by molar-refractivity contribution is 5.83. The van der Waals surface area contributed by atoms with E-state index in [2.05, 4.69) is 0 Å². The van der Waals surface area contributed by atoms with Crippen molar-refractivity contribution in [2.75, 3.05) is 6.54 Å². The van der Waals surface area contributed by atoms with E-state index in [0.29, 0.717) is 0 Å². The molecule has 0 aromatic rings. The topological polar surface area (TPSA) is 86.2 Å². The van der Waals surface area contributed by atoms with E-state index >= 15 is 0 Å². The molecule has 13 heavy (non-hydrogen) atoms. The zero-order valence-electron chi connectivity index (χ0n) is 7.66. The van der Waals surface area contributed by atoms with Crippen molar-refractivity contribution >= 4 is 11.7 Å². The lowest BCUT2D eigenvalue weighted by atomic mass is 9.80. The second-order valence-corrected chi connectivity index (χ2v) is 3.62. The molecule has 1 amide bonds. The molecule has 0 aliphatic heterocycles. The summed E-state index contributed by atoms with van der Waals surface area (Å²) in [6.07, 6.45) is 3.02. The Morgan fingerprint density at radius 2 is 1.54 bits per heavy atom. The standard InChI is InChI=1S/C9H16N2O2/c10-5-8(12)6-1-3-7(4-2-6)9(11)13/h6-7H,1-5,10H2,(H2,11,13). The molecular formula is C9H16N2O2. The van der Waals surface area contributed by atoms with Gasteiger partial charge in [-0.3, -0.25) is 9.59 Å². The van der Waals surface area contributed by atoms with Gasteiger partial charge in [0.25, 0.3) is 0 Å². The maximum atomic E-state index is 11.2. The first-order chi connectivity index (χ1) is 6.15. The SMILES string of the molecule is NCC(=O)C1CCC(C(N)=O)CC1. The van der Waals surface area contributed by atoms with Crippen LogP contribution in [0, 0.1) is 11.8 Å². The van der Waals surface area contributed by atoms with E-state index in [4.69, 9.17) is 11.5 Å². The highest BCUT2D eigenvalue weighted by Crippen LogP contribution is 2.28. The van der Waals surface area contributed by atoms with Crippen LogP contribution >= 0.6 is 0 Å². The maximum Gasteiger partial charge on any atom is 0.220 e. The van der Waals surface area contributed by atoms with Crippen LogP contribution < -0.4 is 11.5 Å². The number of rotatable bonds is 3. The lowest BCUT2D eigenvalue weighted by Gasteiger charge is -2.25. The van der Waals surface area contributed by atoms with Crippen LogP contribution in [0.25, 0.3) is 0 Å². The smallest absolute Gasteiger partial charge is 0.220 e. The molecule has 0 aromatic heterocycles. The van der Waals surface area contributed by atoms with E-state index in [9.17, 15) is 9.59 Å². The predicted octanol–water partition coefficient (Wildman–Crippen LogP) is -0.194. The fourth-order valence-corrected chi connectivity index (χ4v) is 1.87. The van der Waals surface area contributed by atoms with E-state index < -0.39 is 0 Å². The molecule has 0 heterocycles. The zero-order valence-corrected chi connectivity index (χ0v) is 7.66. The van der Waals surface area contributed by atoms with Gasteiger partial charge in [-0.15, -0.1) is 0 Å². The zero-order chi connectivity index (χ0) is 9.84. The number of primary amides is 1. The molecule has 0 aromatic carbocycles. The average molecular weight is 184 g/mol. The van der Waals surface area contributed by atoms with Gasteiger partial charge < -0.3 is 11.5 Å². The van der Waals surface area contributed by atoms with Crippen LogP contribution in [0.4, 0.5) is 0 Å². The molecule has 0 unspecified atom stereocenters. The average Bonchev–Trinajstić information content (AvgIpc) is 2.17. The van der Waals surface area contributed by atoms with E-state index in [1.807, 2.05) is 0 Å². The Morgan fingerprint density at radius 3 is 1.92 bits per heavy atom. The molecule has 0 atom stereocenters. The second kappa shape index (κ2) is 4.37. The van der Waals surface area contributed by atoms with Gasteiger partial charge in [-0.1, -0.05) is 0 Å². The Balaban J connectivity index is 2.39. The molecular weight excluding hydrogens is 168 g/mol. The van der Waals surface area contributed by atoms with Gasteiger partial charge in [-0.2, -0.15) is 0 Å². The molecule has 1 saturated carbocycles. The summed E-state index contributed by atoms with van der Waals surface area (Å²) in [4.78, 5) is 22.0. The van der Waals surface area contributed by atoms with Gasteiger partial charge in [0, 0.05) is 11.8 Å². The summed E-state index contributed by atoms with van der Waals surface area (Å²) >= 11 is 0. The maximum absolute atomic E-state index is 11.2. The van der Waals surface area contributed by atoms with Crippen molar-refractivity contribution in [1.82, 2.24) is 0 Å². The first-order valence-electron chi connectivity index (χ1n) is 4.67. The van der Waals surface area contributed by atoms with Crippen LogP contribution in [-0.2, 0) is 9.59 Å². The normalized spacial score (nSPS) is 28.4.